The average Bonchev–Trinajstić information content (AvgIpc) is 3.75. The van der Waals surface area contributed by atoms with Crippen LogP contribution in [0.15, 0.2) is 109 Å². The van der Waals surface area contributed by atoms with Gasteiger partial charge in [-0.2, -0.15) is 0 Å². The standard InChI is InChI=1S/C22H24Cl2O6.C22H26O8.C22H26O6.BrH/c1-27-17-7-5-13(11-19(17)29-3)9-15(21(23)25)16(22(24)26)10-14-6-8-18(28-2)20(12-14)30-4;1-27-17-7-5-13(11-19(17)29-3)9-15(21(23)24)16(22(25)26)10-14-6-8-18(28-2)20(12-14)30-4;1-25-19-7-5-15(11-21(19)27-3)9-17(13-23)18(14-24)10-16-6-8-20(26-2)22(12-16)28-4;/h5-8,11-12,15-16H,9-10H2,1-4H3;5-8,11-12,15-16H,9-10H2,1-4H3,(H,23,24)(H,25,26);5-8,11-14,17-18H,9-10H2,1-4H3;1H/t2*15-,16+;17-,18+;. The Bertz CT molecular complexity index is 2920. The monoisotopic (exact) mass is 1340 g/mol. The molecule has 0 unspecified atom stereocenters. The molecule has 0 aliphatic rings. The fourth-order valence-electron chi connectivity index (χ4n) is 9.77. The summed E-state index contributed by atoms with van der Waals surface area (Å²) in [5, 5.41) is 18.3. The Labute approximate surface area is 539 Å². The largest absolute Gasteiger partial charge is 0.493 e. The van der Waals surface area contributed by atoms with E-state index in [2.05, 4.69) is 0 Å². The smallest absolute Gasteiger partial charge is 0.307 e. The molecule has 0 radical (unpaired) electrons. The zero-order valence-corrected chi connectivity index (χ0v) is 54.9. The van der Waals surface area contributed by atoms with Crippen molar-refractivity contribution in [3.05, 3.63) is 143 Å². The van der Waals surface area contributed by atoms with Crippen molar-refractivity contribution in [3.63, 3.8) is 0 Å². The van der Waals surface area contributed by atoms with Gasteiger partial charge in [-0.1, -0.05) is 36.4 Å². The van der Waals surface area contributed by atoms with E-state index in [1.54, 1.807) is 113 Å². The number of methoxy groups -OCH3 is 12. The second-order valence-electron chi connectivity index (χ2n) is 19.7. The van der Waals surface area contributed by atoms with Gasteiger partial charge in [-0.3, -0.25) is 19.2 Å². The van der Waals surface area contributed by atoms with Crippen molar-refractivity contribution in [2.75, 3.05) is 85.3 Å². The van der Waals surface area contributed by atoms with E-state index in [1.807, 2.05) is 24.3 Å². The Morgan fingerprint density at radius 1 is 0.315 bits per heavy atom. The lowest BCUT2D eigenvalue weighted by Gasteiger charge is -2.22. The lowest BCUT2D eigenvalue weighted by molar-refractivity contribution is -0.153. The van der Waals surface area contributed by atoms with Crippen LogP contribution in [0.1, 0.15) is 33.4 Å². The number of aliphatic carboxylic acids is 2. The molecule has 0 saturated carbocycles. The maximum absolute atomic E-state index is 12.2. The van der Waals surface area contributed by atoms with Gasteiger partial charge in [0.15, 0.2) is 69.0 Å². The number of benzene rings is 6. The topological polar surface area (TPSA) is 254 Å². The van der Waals surface area contributed by atoms with Crippen molar-refractivity contribution in [2.24, 2.45) is 35.5 Å². The summed E-state index contributed by atoms with van der Waals surface area (Å²) in [6.07, 6.45) is 3.05. The van der Waals surface area contributed by atoms with Gasteiger partial charge in [-0.25, -0.2) is 0 Å². The molecule has 0 aliphatic heterocycles. The Kier molecular flexibility index (Phi) is 32.0. The quantitative estimate of drug-likeness (QED) is 0.0287. The van der Waals surface area contributed by atoms with E-state index in [1.165, 1.54) is 56.9 Å². The second-order valence-corrected chi connectivity index (χ2v) is 20.4. The molecule has 0 aliphatic carbocycles. The number of carbonyl (C=O) groups is 6. The minimum absolute atomic E-state index is 0. The van der Waals surface area contributed by atoms with Crippen LogP contribution in [0.2, 0.25) is 0 Å². The van der Waals surface area contributed by atoms with Crippen molar-refractivity contribution < 1.29 is 95.8 Å². The second kappa shape index (κ2) is 38.1. The maximum atomic E-state index is 12.2. The predicted molar refractivity (Wildman–Crippen MR) is 340 cm³/mol. The highest BCUT2D eigenvalue weighted by Crippen LogP contribution is 2.37. The van der Waals surface area contributed by atoms with E-state index in [0.717, 1.165) is 34.8 Å². The van der Waals surface area contributed by atoms with Gasteiger partial charge in [0.25, 0.3) is 0 Å². The molecule has 482 valence electrons. The molecule has 6 rings (SSSR count). The number of aldehydes is 2. The van der Waals surface area contributed by atoms with Crippen LogP contribution in [0.4, 0.5) is 0 Å². The molecule has 0 bridgehead atoms. The van der Waals surface area contributed by atoms with E-state index in [9.17, 15) is 39.0 Å². The van der Waals surface area contributed by atoms with Crippen molar-refractivity contribution in [2.45, 2.75) is 38.5 Å². The third-order valence-corrected chi connectivity index (χ3v) is 15.1. The van der Waals surface area contributed by atoms with Crippen molar-refractivity contribution in [3.8, 4) is 69.0 Å². The van der Waals surface area contributed by atoms with Gasteiger partial charge < -0.3 is 76.6 Å². The van der Waals surface area contributed by atoms with Crippen LogP contribution >= 0.6 is 40.2 Å². The molecule has 89 heavy (non-hydrogen) atoms. The normalized spacial score (nSPS) is 12.4. The van der Waals surface area contributed by atoms with E-state index in [4.69, 9.17) is 80.0 Å². The number of rotatable bonds is 33. The predicted octanol–water partition coefficient (Wildman–Crippen LogP) is 10.9. The molecular weight excluding hydrogens is 1260 g/mol. The highest BCUT2D eigenvalue weighted by Gasteiger charge is 2.35. The molecule has 20 nitrogen and oxygen atoms in total. The first-order valence-corrected chi connectivity index (χ1v) is 28.0. The highest BCUT2D eigenvalue weighted by atomic mass is 79.9. The van der Waals surface area contributed by atoms with Crippen LogP contribution < -0.4 is 56.8 Å². The Morgan fingerprint density at radius 2 is 0.483 bits per heavy atom. The van der Waals surface area contributed by atoms with Crippen molar-refractivity contribution in [1.29, 1.82) is 0 Å². The first-order chi connectivity index (χ1) is 42.3. The Hall–Kier alpha value is -8.40. The third kappa shape index (κ3) is 21.4. The van der Waals surface area contributed by atoms with Gasteiger partial charge >= 0.3 is 11.9 Å². The van der Waals surface area contributed by atoms with Crippen LogP contribution in [0.25, 0.3) is 0 Å². The van der Waals surface area contributed by atoms with Crippen LogP contribution in [0.5, 0.6) is 69.0 Å². The van der Waals surface area contributed by atoms with Crippen LogP contribution in [0, 0.1) is 35.5 Å². The molecule has 0 fully saturated rings. The SMILES string of the molecule is Br.COc1ccc(C[C@@H](C=O)[C@@H](C=O)Cc2ccc(OC)c(OC)c2)cc1OC.COc1ccc(C[C@H](C(=O)Cl)[C@@H](Cc2ccc(OC)c(OC)c2)C(=O)Cl)cc1OC.COc1ccc(C[C@H](C(=O)O)[C@@H](Cc2ccc(OC)c(OC)c2)C(=O)O)cc1OC. The summed E-state index contributed by atoms with van der Waals surface area (Å²) in [6, 6.07) is 31.6. The summed E-state index contributed by atoms with van der Waals surface area (Å²) in [6.45, 7) is 0. The van der Waals surface area contributed by atoms with Crippen LogP contribution in [-0.2, 0) is 67.3 Å². The lowest BCUT2D eigenvalue weighted by Crippen LogP contribution is -2.33. The van der Waals surface area contributed by atoms with E-state index < -0.39 is 57.9 Å². The number of hydrogen-bond donors (Lipinski definition) is 2. The molecule has 0 amide bonds. The molecule has 6 aromatic rings. The Balaban J connectivity index is 0.000000347. The minimum atomic E-state index is -1.18. The maximum Gasteiger partial charge on any atom is 0.307 e. The number of hydrogen-bond acceptors (Lipinski definition) is 18. The van der Waals surface area contributed by atoms with Gasteiger partial charge in [0, 0.05) is 23.7 Å². The molecule has 6 atom stereocenters. The summed E-state index contributed by atoms with van der Waals surface area (Å²) in [5.41, 5.74) is 4.60. The van der Waals surface area contributed by atoms with E-state index >= 15 is 0 Å². The number of ether oxygens (including phenoxy) is 12. The number of halogens is 3. The Morgan fingerprint density at radius 3 is 0.629 bits per heavy atom. The van der Waals surface area contributed by atoms with Crippen molar-refractivity contribution in [1.82, 2.24) is 0 Å². The molecule has 6 aromatic carbocycles. The van der Waals surface area contributed by atoms with Gasteiger partial charge in [0.2, 0.25) is 10.5 Å². The minimum Gasteiger partial charge on any atom is -0.493 e. The van der Waals surface area contributed by atoms with Crippen LogP contribution in [0.3, 0.4) is 0 Å². The van der Waals surface area contributed by atoms with Gasteiger partial charge in [0.1, 0.15) is 12.6 Å². The van der Waals surface area contributed by atoms with E-state index in [-0.39, 0.29) is 42.7 Å². The molecule has 0 aromatic heterocycles. The zero-order valence-electron chi connectivity index (χ0n) is 51.7. The third-order valence-electron chi connectivity index (χ3n) is 14.5. The summed E-state index contributed by atoms with van der Waals surface area (Å²) >= 11 is 11.8. The molecule has 23 heteroatoms. The van der Waals surface area contributed by atoms with Gasteiger partial charge in [-0.05, 0) is 168 Å². The number of carboxylic acids is 2. The first kappa shape index (κ1) is 74.9. The summed E-state index contributed by atoms with van der Waals surface area (Å²) < 4.78 is 63.1. The highest BCUT2D eigenvalue weighted by molar-refractivity contribution is 8.93. The molecule has 0 heterocycles. The number of carboxylic acid groups (broad SMARTS) is 2. The summed E-state index contributed by atoms with van der Waals surface area (Å²) in [7, 11) is 18.3. The van der Waals surface area contributed by atoms with Crippen LogP contribution in [-0.4, -0.2) is 131 Å². The van der Waals surface area contributed by atoms with Crippen molar-refractivity contribution >= 4 is 75.2 Å². The zero-order chi connectivity index (χ0) is 65.0. The molecule has 2 N–H and O–H groups in total. The summed E-state index contributed by atoms with van der Waals surface area (Å²) in [4.78, 5) is 71.9. The molecule has 0 spiro atoms. The van der Waals surface area contributed by atoms with Gasteiger partial charge in [0.05, 0.1) is 97.2 Å². The average molecular weight is 1340 g/mol. The number of carbonyl (C=O) groups excluding carboxylic acids is 4. The molecular formula is C66H77BrCl2O20. The lowest BCUT2D eigenvalue weighted by atomic mass is 9.82. The first-order valence-electron chi connectivity index (χ1n) is 27.3. The van der Waals surface area contributed by atoms with E-state index in [0.29, 0.717) is 93.0 Å². The fraction of sp³-hybridized carbons (Fsp3) is 0.364. The fourth-order valence-corrected chi connectivity index (χ4v) is 10.2. The molecule has 0 saturated heterocycles. The summed E-state index contributed by atoms with van der Waals surface area (Å²) in [5.74, 6) is -0.713. The van der Waals surface area contributed by atoms with Gasteiger partial charge in [-0.15, -0.1) is 17.0 Å².